The number of piperidine rings is 1. The van der Waals surface area contributed by atoms with Gasteiger partial charge in [-0.15, -0.1) is 0 Å². The van der Waals surface area contributed by atoms with Gasteiger partial charge in [-0.3, -0.25) is 14.5 Å². The maximum Gasteiger partial charge on any atom is 0.232 e. The van der Waals surface area contributed by atoms with Crippen molar-refractivity contribution in [3.63, 3.8) is 0 Å². The summed E-state index contributed by atoms with van der Waals surface area (Å²) in [6.07, 6.45) is 5.47. The van der Waals surface area contributed by atoms with Crippen LogP contribution in [0.4, 0.5) is 5.82 Å². The zero-order valence-electron chi connectivity index (χ0n) is 12.4. The molecule has 112 valence electrons. The maximum absolute atomic E-state index is 12.6. The summed E-state index contributed by atoms with van der Waals surface area (Å²) in [5, 5.41) is 0. The molecule has 2 heterocycles. The Kier molecular flexibility index (Phi) is 3.90. The van der Waals surface area contributed by atoms with Crippen molar-refractivity contribution in [3.05, 3.63) is 24.4 Å². The molecule has 0 bridgehead atoms. The summed E-state index contributed by atoms with van der Waals surface area (Å²) >= 11 is 0. The topological polar surface area (TPSA) is 53.5 Å². The SMILES string of the molecule is CN(C(=O)C1CCCN(C(=O)C2CC2)C1)c1ccccn1. The average Bonchev–Trinajstić information content (AvgIpc) is 3.38. The highest BCUT2D eigenvalue weighted by Crippen LogP contribution is 2.32. The molecule has 1 aliphatic carbocycles. The molecule has 1 aliphatic heterocycles. The van der Waals surface area contributed by atoms with E-state index < -0.39 is 0 Å². The highest BCUT2D eigenvalue weighted by molar-refractivity contribution is 5.94. The first-order valence-electron chi connectivity index (χ1n) is 7.64. The normalized spacial score (nSPS) is 22.0. The molecule has 5 heteroatoms. The number of carbonyl (C=O) groups excluding carboxylic acids is 2. The minimum Gasteiger partial charge on any atom is -0.342 e. The van der Waals surface area contributed by atoms with Gasteiger partial charge >= 0.3 is 0 Å². The van der Waals surface area contributed by atoms with Gasteiger partial charge in [0.15, 0.2) is 0 Å². The van der Waals surface area contributed by atoms with Crippen molar-refractivity contribution in [2.45, 2.75) is 25.7 Å². The van der Waals surface area contributed by atoms with Gasteiger partial charge in [0.1, 0.15) is 5.82 Å². The van der Waals surface area contributed by atoms with Crippen LogP contribution in [0, 0.1) is 11.8 Å². The van der Waals surface area contributed by atoms with Gasteiger partial charge in [-0.2, -0.15) is 0 Å². The lowest BCUT2D eigenvalue weighted by Gasteiger charge is -2.33. The standard InChI is InChI=1S/C16H21N3O2/c1-18(14-6-2-3-9-17-14)15(20)13-5-4-10-19(11-13)16(21)12-7-8-12/h2-3,6,9,12-13H,4-5,7-8,10-11H2,1H3. The van der Waals surface area contributed by atoms with Crippen LogP contribution >= 0.6 is 0 Å². The van der Waals surface area contributed by atoms with E-state index in [1.54, 1.807) is 18.1 Å². The first kappa shape index (κ1) is 14.0. The van der Waals surface area contributed by atoms with Crippen molar-refractivity contribution >= 4 is 17.6 Å². The number of hydrogen-bond acceptors (Lipinski definition) is 3. The van der Waals surface area contributed by atoms with Crippen LogP contribution in [0.1, 0.15) is 25.7 Å². The Morgan fingerprint density at radius 1 is 1.24 bits per heavy atom. The van der Waals surface area contributed by atoms with Crippen molar-refractivity contribution in [2.24, 2.45) is 11.8 Å². The number of carbonyl (C=O) groups is 2. The van der Waals surface area contributed by atoms with Crippen LogP contribution in [0.2, 0.25) is 0 Å². The number of rotatable bonds is 3. The first-order chi connectivity index (χ1) is 10.2. The predicted molar refractivity (Wildman–Crippen MR) is 79.7 cm³/mol. The Morgan fingerprint density at radius 2 is 2.05 bits per heavy atom. The minimum absolute atomic E-state index is 0.0574. The molecule has 0 radical (unpaired) electrons. The molecule has 0 aromatic carbocycles. The minimum atomic E-state index is -0.103. The highest BCUT2D eigenvalue weighted by atomic mass is 16.2. The number of aromatic nitrogens is 1. The third-order valence-corrected chi connectivity index (χ3v) is 4.33. The smallest absolute Gasteiger partial charge is 0.232 e. The van der Waals surface area contributed by atoms with Crippen molar-refractivity contribution < 1.29 is 9.59 Å². The van der Waals surface area contributed by atoms with Crippen LogP contribution in [0.25, 0.3) is 0 Å². The Balaban J connectivity index is 1.65. The van der Waals surface area contributed by atoms with Gasteiger partial charge < -0.3 is 4.90 Å². The van der Waals surface area contributed by atoms with E-state index in [1.807, 2.05) is 23.1 Å². The van der Waals surface area contributed by atoms with Crippen LogP contribution in [0.5, 0.6) is 0 Å². The fraction of sp³-hybridized carbons (Fsp3) is 0.562. The second-order valence-electron chi connectivity index (χ2n) is 5.98. The zero-order chi connectivity index (χ0) is 14.8. The fourth-order valence-electron chi connectivity index (χ4n) is 2.91. The van der Waals surface area contributed by atoms with Crippen molar-refractivity contribution in [1.29, 1.82) is 0 Å². The molecule has 1 saturated heterocycles. The first-order valence-corrected chi connectivity index (χ1v) is 7.64. The number of pyridine rings is 1. The highest BCUT2D eigenvalue weighted by Gasteiger charge is 2.37. The van der Waals surface area contributed by atoms with E-state index in [0.29, 0.717) is 12.4 Å². The van der Waals surface area contributed by atoms with E-state index in [2.05, 4.69) is 4.98 Å². The molecular formula is C16H21N3O2. The van der Waals surface area contributed by atoms with Gasteiger partial charge in [0.25, 0.3) is 0 Å². The van der Waals surface area contributed by atoms with Crippen LogP contribution in [-0.2, 0) is 9.59 Å². The molecule has 5 nitrogen and oxygen atoms in total. The molecular weight excluding hydrogens is 266 g/mol. The van der Waals surface area contributed by atoms with Crippen molar-refractivity contribution in [3.8, 4) is 0 Å². The van der Waals surface area contributed by atoms with Gasteiger partial charge in [-0.1, -0.05) is 6.07 Å². The molecule has 1 aromatic heterocycles. The van der Waals surface area contributed by atoms with E-state index in [-0.39, 0.29) is 23.7 Å². The Labute approximate surface area is 124 Å². The molecule has 0 N–H and O–H groups in total. The molecule has 3 rings (SSSR count). The summed E-state index contributed by atoms with van der Waals surface area (Å²) in [5.74, 6) is 1.09. The number of hydrogen-bond donors (Lipinski definition) is 0. The fourth-order valence-corrected chi connectivity index (χ4v) is 2.91. The van der Waals surface area contributed by atoms with Crippen LogP contribution in [0.3, 0.4) is 0 Å². The monoisotopic (exact) mass is 287 g/mol. The number of nitrogens with zero attached hydrogens (tertiary/aromatic N) is 3. The molecule has 1 aromatic rings. The number of amides is 2. The predicted octanol–water partition coefficient (Wildman–Crippen LogP) is 1.69. The van der Waals surface area contributed by atoms with Gasteiger partial charge in [0.05, 0.1) is 5.92 Å². The maximum atomic E-state index is 12.6. The summed E-state index contributed by atoms with van der Waals surface area (Å²) in [6, 6.07) is 5.53. The molecule has 2 aliphatic rings. The summed E-state index contributed by atoms with van der Waals surface area (Å²) in [7, 11) is 1.76. The van der Waals surface area contributed by atoms with Crippen LogP contribution < -0.4 is 4.90 Å². The van der Waals surface area contributed by atoms with Crippen molar-refractivity contribution in [1.82, 2.24) is 9.88 Å². The van der Waals surface area contributed by atoms with E-state index in [4.69, 9.17) is 0 Å². The lowest BCUT2D eigenvalue weighted by atomic mass is 9.96. The summed E-state index contributed by atoms with van der Waals surface area (Å²) < 4.78 is 0. The largest absolute Gasteiger partial charge is 0.342 e. The molecule has 2 amide bonds. The molecule has 1 saturated carbocycles. The quantitative estimate of drug-likeness (QED) is 0.850. The van der Waals surface area contributed by atoms with Gasteiger partial charge in [-0.25, -0.2) is 4.98 Å². The average molecular weight is 287 g/mol. The van der Waals surface area contributed by atoms with Crippen LogP contribution in [-0.4, -0.2) is 41.8 Å². The van der Waals surface area contributed by atoms with E-state index in [9.17, 15) is 9.59 Å². The third-order valence-electron chi connectivity index (χ3n) is 4.33. The van der Waals surface area contributed by atoms with E-state index >= 15 is 0 Å². The zero-order valence-corrected chi connectivity index (χ0v) is 12.4. The van der Waals surface area contributed by atoms with Crippen LogP contribution in [0.15, 0.2) is 24.4 Å². The molecule has 21 heavy (non-hydrogen) atoms. The second-order valence-corrected chi connectivity index (χ2v) is 5.98. The molecule has 2 fully saturated rings. The summed E-state index contributed by atoms with van der Waals surface area (Å²) in [6.45, 7) is 1.36. The Morgan fingerprint density at radius 3 is 2.71 bits per heavy atom. The summed E-state index contributed by atoms with van der Waals surface area (Å²) in [5.41, 5.74) is 0. The van der Waals surface area contributed by atoms with E-state index in [1.165, 1.54) is 0 Å². The molecule has 0 spiro atoms. The van der Waals surface area contributed by atoms with E-state index in [0.717, 1.165) is 32.2 Å². The van der Waals surface area contributed by atoms with Gasteiger partial charge in [-0.05, 0) is 37.8 Å². The molecule has 1 unspecified atom stereocenters. The second kappa shape index (κ2) is 5.84. The Hall–Kier alpha value is -1.91. The molecule has 1 atom stereocenters. The van der Waals surface area contributed by atoms with Gasteiger partial charge in [0.2, 0.25) is 11.8 Å². The summed E-state index contributed by atoms with van der Waals surface area (Å²) in [4.78, 5) is 32.5. The number of anilines is 1. The third kappa shape index (κ3) is 3.06. The number of likely N-dealkylation sites (tertiary alicyclic amines) is 1. The van der Waals surface area contributed by atoms with Gasteiger partial charge in [0, 0.05) is 32.3 Å². The van der Waals surface area contributed by atoms with Crippen molar-refractivity contribution in [2.75, 3.05) is 25.0 Å². The lowest BCUT2D eigenvalue weighted by Crippen LogP contribution is -2.46. The Bertz CT molecular complexity index is 528. The lowest BCUT2D eigenvalue weighted by molar-refractivity contribution is -0.136.